The number of rotatable bonds is 12. The number of pyridine rings is 1. The Hall–Kier alpha value is -1.59. The van der Waals surface area contributed by atoms with Crippen LogP contribution in [-0.4, -0.2) is 94.1 Å². The van der Waals surface area contributed by atoms with Crippen LogP contribution in [0.3, 0.4) is 0 Å². The second kappa shape index (κ2) is 11.4. The molecule has 0 radical (unpaired) electrons. The summed E-state index contributed by atoms with van der Waals surface area (Å²) in [5.41, 5.74) is 1.38. The van der Waals surface area contributed by atoms with E-state index in [0.717, 1.165) is 17.1 Å². The topological polar surface area (TPSA) is 95.1 Å². The third kappa shape index (κ3) is 7.80. The van der Waals surface area contributed by atoms with E-state index in [4.69, 9.17) is 4.74 Å². The van der Waals surface area contributed by atoms with Gasteiger partial charge >= 0.3 is 0 Å². The maximum atomic E-state index is 12.3. The van der Waals surface area contributed by atoms with Crippen molar-refractivity contribution >= 4 is 15.9 Å². The maximum absolute atomic E-state index is 12.3. The summed E-state index contributed by atoms with van der Waals surface area (Å²) in [6.07, 6.45) is 2.00. The van der Waals surface area contributed by atoms with Crippen LogP contribution in [0.2, 0.25) is 0 Å². The van der Waals surface area contributed by atoms with E-state index in [9.17, 15) is 13.2 Å². The first kappa shape index (κ1) is 24.4. The molecule has 160 valence electrons. The average Bonchev–Trinajstić information content (AvgIpc) is 2.62. The lowest BCUT2D eigenvalue weighted by Gasteiger charge is -2.25. The predicted octanol–water partition coefficient (Wildman–Crippen LogP) is 0.118. The summed E-state index contributed by atoms with van der Waals surface area (Å²) in [6.45, 7) is 4.73. The first-order valence-electron chi connectivity index (χ1n) is 9.14. The highest BCUT2D eigenvalue weighted by Gasteiger charge is 2.24. The van der Waals surface area contributed by atoms with Crippen LogP contribution in [0.1, 0.15) is 24.4 Å². The van der Waals surface area contributed by atoms with Crippen LogP contribution in [0.15, 0.2) is 18.3 Å². The molecule has 1 unspecified atom stereocenters. The lowest BCUT2D eigenvalue weighted by molar-refractivity contribution is -0.130. The van der Waals surface area contributed by atoms with Crippen LogP contribution in [0.5, 0.6) is 0 Å². The van der Waals surface area contributed by atoms with Crippen molar-refractivity contribution in [2.75, 3.05) is 60.7 Å². The van der Waals surface area contributed by atoms with Crippen molar-refractivity contribution in [3.8, 4) is 0 Å². The van der Waals surface area contributed by atoms with Gasteiger partial charge in [0.15, 0.2) is 0 Å². The molecule has 0 aliphatic rings. The van der Waals surface area contributed by atoms with E-state index in [-0.39, 0.29) is 12.5 Å². The van der Waals surface area contributed by atoms with Crippen molar-refractivity contribution < 1.29 is 17.9 Å². The Morgan fingerprint density at radius 2 is 1.96 bits per heavy atom. The number of methoxy groups -OCH3 is 1. The molecule has 1 rings (SSSR count). The van der Waals surface area contributed by atoms with Crippen LogP contribution < -0.4 is 5.32 Å². The van der Waals surface area contributed by atoms with E-state index >= 15 is 0 Å². The highest BCUT2D eigenvalue weighted by atomic mass is 32.2. The van der Waals surface area contributed by atoms with Crippen molar-refractivity contribution in [1.29, 1.82) is 0 Å². The summed E-state index contributed by atoms with van der Waals surface area (Å²) in [5.74, 6) is 0.0343. The monoisotopic (exact) mass is 415 g/mol. The Balaban J connectivity index is 2.69. The van der Waals surface area contributed by atoms with Crippen molar-refractivity contribution in [1.82, 2.24) is 24.4 Å². The molecule has 0 aromatic carbocycles. The number of nitrogens with zero attached hydrogens (tertiary/aromatic N) is 4. The van der Waals surface area contributed by atoms with E-state index in [0.29, 0.717) is 30.9 Å². The van der Waals surface area contributed by atoms with Crippen molar-refractivity contribution in [2.24, 2.45) is 0 Å². The zero-order valence-electron chi connectivity index (χ0n) is 17.7. The number of amides is 1. The zero-order chi connectivity index (χ0) is 21.3. The Labute approximate surface area is 168 Å². The fourth-order valence-corrected chi connectivity index (χ4v) is 3.16. The molecule has 1 amide bonds. The van der Waals surface area contributed by atoms with Crippen LogP contribution in [0, 0.1) is 0 Å². The van der Waals surface area contributed by atoms with Gasteiger partial charge in [0.1, 0.15) is 6.23 Å². The molecule has 9 nitrogen and oxygen atoms in total. The number of carbonyl (C=O) groups excluding carboxylic acids is 1. The summed E-state index contributed by atoms with van der Waals surface area (Å²) in [6, 6.07) is 3.49. The largest absolute Gasteiger partial charge is 0.361 e. The van der Waals surface area contributed by atoms with E-state index in [1.54, 1.807) is 23.2 Å². The third-order valence-electron chi connectivity index (χ3n) is 4.34. The van der Waals surface area contributed by atoms with Gasteiger partial charge in [-0.3, -0.25) is 9.78 Å². The van der Waals surface area contributed by atoms with Gasteiger partial charge in [0, 0.05) is 46.5 Å². The SMILES string of the molecule is CCN(CCN(C)C)C(=O)CNCc1cc(C(OC)N(C)S(C)(=O)=O)ccn1. The van der Waals surface area contributed by atoms with E-state index < -0.39 is 16.3 Å². The highest BCUT2D eigenvalue weighted by Crippen LogP contribution is 2.22. The van der Waals surface area contributed by atoms with Crippen molar-refractivity contribution in [2.45, 2.75) is 19.7 Å². The van der Waals surface area contributed by atoms with Gasteiger partial charge in [0.25, 0.3) is 0 Å². The summed E-state index contributed by atoms with van der Waals surface area (Å²) in [5, 5.41) is 3.11. The molecule has 28 heavy (non-hydrogen) atoms. The Morgan fingerprint density at radius 1 is 1.29 bits per heavy atom. The lowest BCUT2D eigenvalue weighted by atomic mass is 10.2. The fourth-order valence-electron chi connectivity index (χ4n) is 2.60. The minimum atomic E-state index is -3.41. The summed E-state index contributed by atoms with van der Waals surface area (Å²) < 4.78 is 30.1. The fraction of sp³-hybridized carbons (Fsp3) is 0.667. The minimum Gasteiger partial charge on any atom is -0.361 e. The number of nitrogens with one attached hydrogen (secondary N) is 1. The van der Waals surface area contributed by atoms with Gasteiger partial charge in [-0.25, -0.2) is 8.42 Å². The molecule has 0 aliphatic carbocycles. The van der Waals surface area contributed by atoms with Crippen molar-refractivity contribution in [3.63, 3.8) is 0 Å². The van der Waals surface area contributed by atoms with Gasteiger partial charge in [-0.05, 0) is 38.7 Å². The molecule has 1 aromatic heterocycles. The van der Waals surface area contributed by atoms with Crippen LogP contribution in [-0.2, 0) is 26.1 Å². The van der Waals surface area contributed by atoms with Gasteiger partial charge < -0.3 is 19.9 Å². The molecule has 1 atom stereocenters. The molecule has 0 saturated carbocycles. The first-order chi connectivity index (χ1) is 13.1. The summed E-state index contributed by atoms with van der Waals surface area (Å²) in [7, 11) is 3.46. The predicted molar refractivity (Wildman–Crippen MR) is 109 cm³/mol. The number of hydrogen-bond donors (Lipinski definition) is 1. The van der Waals surface area contributed by atoms with Gasteiger partial charge in [-0.15, -0.1) is 0 Å². The zero-order valence-corrected chi connectivity index (χ0v) is 18.5. The van der Waals surface area contributed by atoms with E-state index in [2.05, 4.69) is 10.3 Å². The Bertz CT molecular complexity index is 726. The minimum absolute atomic E-state index is 0.0343. The lowest BCUT2D eigenvalue weighted by Crippen LogP contribution is -2.41. The van der Waals surface area contributed by atoms with Gasteiger partial charge in [-0.1, -0.05) is 0 Å². The number of aromatic nitrogens is 1. The Morgan fingerprint density at radius 3 is 2.50 bits per heavy atom. The quantitative estimate of drug-likeness (QED) is 0.485. The molecule has 0 saturated heterocycles. The molecule has 0 bridgehead atoms. The van der Waals surface area contributed by atoms with Gasteiger partial charge in [0.2, 0.25) is 15.9 Å². The van der Waals surface area contributed by atoms with Crippen LogP contribution >= 0.6 is 0 Å². The summed E-state index contributed by atoms with van der Waals surface area (Å²) in [4.78, 5) is 20.5. The van der Waals surface area contributed by atoms with Gasteiger partial charge in [-0.2, -0.15) is 4.31 Å². The molecule has 1 heterocycles. The molecular formula is C18H33N5O4S. The summed E-state index contributed by atoms with van der Waals surface area (Å²) >= 11 is 0. The molecule has 0 aliphatic heterocycles. The smallest absolute Gasteiger partial charge is 0.236 e. The third-order valence-corrected chi connectivity index (χ3v) is 5.57. The number of carbonyl (C=O) groups is 1. The number of ether oxygens (including phenoxy) is 1. The van der Waals surface area contributed by atoms with Crippen LogP contribution in [0.25, 0.3) is 0 Å². The first-order valence-corrected chi connectivity index (χ1v) is 11.0. The Kier molecular flexibility index (Phi) is 9.97. The van der Waals surface area contributed by atoms with E-state index in [1.807, 2.05) is 25.9 Å². The number of likely N-dealkylation sites (N-methyl/N-ethyl adjacent to an activating group) is 2. The molecule has 0 fully saturated rings. The average molecular weight is 416 g/mol. The maximum Gasteiger partial charge on any atom is 0.236 e. The number of hydrogen-bond acceptors (Lipinski definition) is 7. The van der Waals surface area contributed by atoms with Gasteiger partial charge in [0.05, 0.1) is 18.5 Å². The second-order valence-electron chi connectivity index (χ2n) is 6.83. The standard InChI is InChI=1S/C18H33N5O4S/c1-7-23(11-10-21(2)3)17(24)14-19-13-16-12-15(8-9-20-16)18(27-5)22(4)28(6,25)26/h8-9,12,18-19H,7,10-11,13-14H2,1-6H3. The molecule has 1 N–H and O–H groups in total. The second-order valence-corrected chi connectivity index (χ2v) is 8.87. The van der Waals surface area contributed by atoms with Crippen molar-refractivity contribution in [3.05, 3.63) is 29.6 Å². The van der Waals surface area contributed by atoms with Crippen LogP contribution in [0.4, 0.5) is 0 Å². The molecule has 1 aromatic rings. The van der Waals surface area contributed by atoms with E-state index in [1.165, 1.54) is 14.2 Å². The molecule has 0 spiro atoms. The highest BCUT2D eigenvalue weighted by molar-refractivity contribution is 7.88. The molecular weight excluding hydrogens is 382 g/mol. The molecule has 10 heteroatoms. The number of sulfonamides is 1. The normalized spacial score (nSPS) is 13.1.